The Balaban J connectivity index is 1.76. The number of fused-ring (bicyclic) bond motifs is 1. The zero-order chi connectivity index (χ0) is 16.2. The fourth-order valence-electron chi connectivity index (χ4n) is 2.72. The molecule has 2 aromatic carbocycles. The summed E-state index contributed by atoms with van der Waals surface area (Å²) in [5, 5.41) is 10.9. The molecule has 0 aliphatic rings. The molecule has 1 atom stereocenters. The lowest BCUT2D eigenvalue weighted by Gasteiger charge is -2.25. The van der Waals surface area contributed by atoms with Crippen LogP contribution < -0.4 is 5.32 Å². The molecule has 0 aliphatic heterocycles. The lowest BCUT2D eigenvalue weighted by atomic mass is 10.1. The standard InChI is InChI=1S/C18H20N4O/c1-22(2)16(13-7-4-3-5-8-13)12-19-18(23)15-10-6-9-14-11-20-21-17(14)15/h3-11,16H,12H2,1-2H3,(H,19,23)(H,20,21). The van der Waals surface area contributed by atoms with Crippen LogP contribution in [-0.4, -0.2) is 41.6 Å². The molecule has 3 rings (SSSR count). The van der Waals surface area contributed by atoms with Gasteiger partial charge in [-0.05, 0) is 25.7 Å². The summed E-state index contributed by atoms with van der Waals surface area (Å²) in [5.41, 5.74) is 2.56. The van der Waals surface area contributed by atoms with Gasteiger partial charge >= 0.3 is 0 Å². The Morgan fingerprint density at radius 1 is 1.17 bits per heavy atom. The van der Waals surface area contributed by atoms with Crippen LogP contribution in [0.5, 0.6) is 0 Å². The summed E-state index contributed by atoms with van der Waals surface area (Å²) in [6, 6.07) is 15.9. The van der Waals surface area contributed by atoms with Crippen LogP contribution in [0.2, 0.25) is 0 Å². The molecule has 0 saturated carbocycles. The van der Waals surface area contributed by atoms with Gasteiger partial charge in [-0.25, -0.2) is 0 Å². The predicted octanol–water partition coefficient (Wildman–Crippen LogP) is 2.60. The van der Waals surface area contributed by atoms with Crippen LogP contribution in [0.25, 0.3) is 10.9 Å². The van der Waals surface area contributed by atoms with Crippen LogP contribution in [-0.2, 0) is 0 Å². The average molecular weight is 308 g/mol. The Morgan fingerprint density at radius 2 is 1.96 bits per heavy atom. The maximum absolute atomic E-state index is 12.5. The normalized spacial score (nSPS) is 12.5. The van der Waals surface area contributed by atoms with E-state index < -0.39 is 0 Å². The summed E-state index contributed by atoms with van der Waals surface area (Å²) in [4.78, 5) is 14.6. The van der Waals surface area contributed by atoms with E-state index in [1.165, 1.54) is 5.56 Å². The van der Waals surface area contributed by atoms with Gasteiger partial charge in [-0.3, -0.25) is 9.89 Å². The lowest BCUT2D eigenvalue weighted by molar-refractivity contribution is 0.0943. The minimum absolute atomic E-state index is 0.0948. The maximum atomic E-state index is 12.5. The van der Waals surface area contributed by atoms with Crippen molar-refractivity contribution in [3.8, 4) is 0 Å². The molecule has 3 aromatic rings. The summed E-state index contributed by atoms with van der Waals surface area (Å²) in [6.45, 7) is 0.542. The number of rotatable bonds is 5. The van der Waals surface area contributed by atoms with Gasteiger partial charge in [-0.2, -0.15) is 5.10 Å². The van der Waals surface area contributed by atoms with Crippen LogP contribution in [0.1, 0.15) is 22.0 Å². The highest BCUT2D eigenvalue weighted by Gasteiger charge is 2.17. The molecule has 0 bridgehead atoms. The van der Waals surface area contributed by atoms with Crippen molar-refractivity contribution in [2.45, 2.75) is 6.04 Å². The fraction of sp³-hybridized carbons (Fsp3) is 0.222. The third-order valence-corrected chi connectivity index (χ3v) is 3.98. The Morgan fingerprint density at radius 3 is 2.70 bits per heavy atom. The highest BCUT2D eigenvalue weighted by Crippen LogP contribution is 2.18. The third-order valence-electron chi connectivity index (χ3n) is 3.98. The second-order valence-corrected chi connectivity index (χ2v) is 5.74. The molecule has 0 radical (unpaired) electrons. The van der Waals surface area contributed by atoms with E-state index >= 15 is 0 Å². The molecule has 23 heavy (non-hydrogen) atoms. The van der Waals surface area contributed by atoms with Crippen molar-refractivity contribution < 1.29 is 4.79 Å². The van der Waals surface area contributed by atoms with Crippen molar-refractivity contribution in [1.82, 2.24) is 20.4 Å². The molecule has 0 aliphatic carbocycles. The zero-order valence-electron chi connectivity index (χ0n) is 13.3. The summed E-state index contributed by atoms with van der Waals surface area (Å²) < 4.78 is 0. The predicted molar refractivity (Wildman–Crippen MR) is 91.3 cm³/mol. The van der Waals surface area contributed by atoms with E-state index in [0.29, 0.717) is 12.1 Å². The minimum atomic E-state index is -0.0948. The van der Waals surface area contributed by atoms with Gasteiger partial charge in [0.2, 0.25) is 0 Å². The van der Waals surface area contributed by atoms with Crippen molar-refractivity contribution in [3.63, 3.8) is 0 Å². The highest BCUT2D eigenvalue weighted by atomic mass is 16.1. The second kappa shape index (κ2) is 6.62. The van der Waals surface area contributed by atoms with E-state index in [9.17, 15) is 4.79 Å². The first-order valence-electron chi connectivity index (χ1n) is 7.58. The molecule has 5 heteroatoms. The largest absolute Gasteiger partial charge is 0.350 e. The SMILES string of the molecule is CN(C)C(CNC(=O)c1cccc2cn[nH]c12)c1ccccc1. The number of carbonyl (C=O) groups is 1. The van der Waals surface area contributed by atoms with Gasteiger partial charge in [0.25, 0.3) is 5.91 Å². The molecule has 118 valence electrons. The first kappa shape index (κ1) is 15.2. The van der Waals surface area contributed by atoms with Crippen LogP contribution in [0.4, 0.5) is 0 Å². The van der Waals surface area contributed by atoms with Gasteiger partial charge in [0.1, 0.15) is 0 Å². The molecular formula is C18H20N4O. The van der Waals surface area contributed by atoms with Crippen molar-refractivity contribution >= 4 is 16.8 Å². The smallest absolute Gasteiger partial charge is 0.253 e. The van der Waals surface area contributed by atoms with E-state index in [-0.39, 0.29) is 11.9 Å². The number of hydrogen-bond donors (Lipinski definition) is 2. The van der Waals surface area contributed by atoms with Gasteiger partial charge in [-0.15, -0.1) is 0 Å². The molecule has 0 saturated heterocycles. The van der Waals surface area contributed by atoms with Gasteiger partial charge in [0.05, 0.1) is 23.3 Å². The lowest BCUT2D eigenvalue weighted by Crippen LogP contribution is -2.34. The van der Waals surface area contributed by atoms with Crippen LogP contribution in [0.15, 0.2) is 54.7 Å². The Bertz CT molecular complexity index is 795. The number of aromatic nitrogens is 2. The minimum Gasteiger partial charge on any atom is -0.350 e. The van der Waals surface area contributed by atoms with Crippen LogP contribution >= 0.6 is 0 Å². The number of para-hydroxylation sites is 1. The monoisotopic (exact) mass is 308 g/mol. The number of H-pyrrole nitrogens is 1. The van der Waals surface area contributed by atoms with E-state index in [1.54, 1.807) is 6.20 Å². The number of hydrogen-bond acceptors (Lipinski definition) is 3. The van der Waals surface area contributed by atoms with Gasteiger partial charge in [0, 0.05) is 11.9 Å². The third kappa shape index (κ3) is 3.24. The maximum Gasteiger partial charge on any atom is 0.253 e. The zero-order valence-corrected chi connectivity index (χ0v) is 13.3. The molecule has 0 spiro atoms. The molecule has 1 aromatic heterocycles. The summed E-state index contributed by atoms with van der Waals surface area (Å²) >= 11 is 0. The first-order valence-corrected chi connectivity index (χ1v) is 7.58. The number of amides is 1. The molecular weight excluding hydrogens is 288 g/mol. The molecule has 1 amide bonds. The van der Waals surface area contributed by atoms with Crippen molar-refractivity contribution in [3.05, 3.63) is 65.9 Å². The van der Waals surface area contributed by atoms with Gasteiger partial charge in [0.15, 0.2) is 0 Å². The Labute approximate surface area is 135 Å². The number of carbonyl (C=O) groups excluding carboxylic acids is 1. The molecule has 0 fully saturated rings. The van der Waals surface area contributed by atoms with Gasteiger partial charge in [-0.1, -0.05) is 42.5 Å². The van der Waals surface area contributed by atoms with E-state index in [0.717, 1.165) is 10.9 Å². The first-order chi connectivity index (χ1) is 11.2. The van der Waals surface area contributed by atoms with E-state index in [1.807, 2.05) is 50.5 Å². The summed E-state index contributed by atoms with van der Waals surface area (Å²) in [7, 11) is 4.03. The topological polar surface area (TPSA) is 61.0 Å². The van der Waals surface area contributed by atoms with Crippen molar-refractivity contribution in [2.75, 3.05) is 20.6 Å². The Kier molecular flexibility index (Phi) is 4.39. The molecule has 1 unspecified atom stereocenters. The van der Waals surface area contributed by atoms with Crippen LogP contribution in [0.3, 0.4) is 0 Å². The number of nitrogens with one attached hydrogen (secondary N) is 2. The highest BCUT2D eigenvalue weighted by molar-refractivity contribution is 6.05. The van der Waals surface area contributed by atoms with Gasteiger partial charge < -0.3 is 10.2 Å². The Hall–Kier alpha value is -2.66. The number of aromatic amines is 1. The average Bonchev–Trinajstić information content (AvgIpc) is 3.04. The van der Waals surface area contributed by atoms with Crippen LogP contribution in [0, 0.1) is 0 Å². The second-order valence-electron chi connectivity index (χ2n) is 5.74. The summed E-state index contributed by atoms with van der Waals surface area (Å²) in [6.07, 6.45) is 1.72. The molecule has 5 nitrogen and oxygen atoms in total. The quantitative estimate of drug-likeness (QED) is 0.761. The van der Waals surface area contributed by atoms with E-state index in [4.69, 9.17) is 0 Å². The van der Waals surface area contributed by atoms with Crippen molar-refractivity contribution in [2.24, 2.45) is 0 Å². The number of likely N-dealkylation sites (N-methyl/N-ethyl adjacent to an activating group) is 1. The number of nitrogens with zero attached hydrogens (tertiary/aromatic N) is 2. The molecule has 1 heterocycles. The van der Waals surface area contributed by atoms with Crippen molar-refractivity contribution in [1.29, 1.82) is 0 Å². The summed E-state index contributed by atoms with van der Waals surface area (Å²) in [5.74, 6) is -0.0948. The number of benzene rings is 2. The fourth-order valence-corrected chi connectivity index (χ4v) is 2.72. The molecule has 2 N–H and O–H groups in total. The van der Waals surface area contributed by atoms with E-state index in [2.05, 4.69) is 32.5 Å².